The van der Waals surface area contributed by atoms with Crippen LogP contribution in [0.2, 0.25) is 0 Å². The number of benzene rings is 1. The van der Waals surface area contributed by atoms with Crippen LogP contribution in [0.4, 0.5) is 0 Å². The summed E-state index contributed by atoms with van der Waals surface area (Å²) in [6.07, 6.45) is 8.40. The van der Waals surface area contributed by atoms with E-state index in [0.29, 0.717) is 5.92 Å². The monoisotopic (exact) mass is 335 g/mol. The molecule has 1 aromatic carbocycles. The Morgan fingerprint density at radius 3 is 3.00 bits per heavy atom. The van der Waals surface area contributed by atoms with Crippen LogP contribution in [0.25, 0.3) is 0 Å². The fourth-order valence-corrected chi connectivity index (χ4v) is 3.23. The Bertz CT molecular complexity index is 776. The first-order valence-electron chi connectivity index (χ1n) is 9.41. The summed E-state index contributed by atoms with van der Waals surface area (Å²) in [6.45, 7) is 3.85. The lowest BCUT2D eigenvalue weighted by molar-refractivity contribution is 0.00369. The summed E-state index contributed by atoms with van der Waals surface area (Å²) in [5, 5.41) is 8.70. The van der Waals surface area contributed by atoms with Gasteiger partial charge in [-0.25, -0.2) is 4.68 Å². The van der Waals surface area contributed by atoms with Crippen LogP contribution in [-0.4, -0.2) is 27.7 Å². The SMILES string of the molecule is CC(c1cccc(C#CC2CC2)c1)c1cn(CC2CCCCO2)nn1. The van der Waals surface area contributed by atoms with Gasteiger partial charge in [-0.05, 0) is 49.8 Å². The highest BCUT2D eigenvalue weighted by Crippen LogP contribution is 2.28. The first-order chi connectivity index (χ1) is 12.3. The predicted molar refractivity (Wildman–Crippen MR) is 97.2 cm³/mol. The second kappa shape index (κ2) is 7.41. The molecule has 1 aliphatic carbocycles. The van der Waals surface area contributed by atoms with Crippen molar-refractivity contribution in [2.24, 2.45) is 5.92 Å². The molecule has 0 N–H and O–H groups in total. The molecule has 0 amide bonds. The highest BCUT2D eigenvalue weighted by molar-refractivity contribution is 5.40. The summed E-state index contributed by atoms with van der Waals surface area (Å²) in [5.41, 5.74) is 3.34. The van der Waals surface area contributed by atoms with Crippen LogP contribution in [0.15, 0.2) is 30.5 Å². The summed E-state index contributed by atoms with van der Waals surface area (Å²) in [5.74, 6) is 7.48. The Labute approximate surface area is 149 Å². The van der Waals surface area contributed by atoms with Crippen LogP contribution in [0, 0.1) is 17.8 Å². The number of ether oxygens (including phenoxy) is 1. The lowest BCUT2D eigenvalue weighted by atomic mass is 9.96. The number of rotatable bonds is 4. The van der Waals surface area contributed by atoms with E-state index in [-0.39, 0.29) is 12.0 Å². The second-order valence-corrected chi connectivity index (χ2v) is 7.24. The molecule has 2 atom stereocenters. The number of hydrogen-bond donors (Lipinski definition) is 0. The van der Waals surface area contributed by atoms with E-state index in [4.69, 9.17) is 4.74 Å². The van der Waals surface area contributed by atoms with Crippen molar-refractivity contribution in [3.05, 3.63) is 47.3 Å². The van der Waals surface area contributed by atoms with Gasteiger partial charge in [0.15, 0.2) is 0 Å². The van der Waals surface area contributed by atoms with Crippen LogP contribution in [0.3, 0.4) is 0 Å². The molecule has 0 spiro atoms. The normalized spacial score (nSPS) is 21.4. The average Bonchev–Trinajstić information content (AvgIpc) is 3.38. The lowest BCUT2D eigenvalue weighted by Crippen LogP contribution is -2.24. The Balaban J connectivity index is 1.44. The summed E-state index contributed by atoms with van der Waals surface area (Å²) < 4.78 is 7.73. The van der Waals surface area contributed by atoms with Crippen molar-refractivity contribution in [2.75, 3.05) is 6.61 Å². The molecule has 25 heavy (non-hydrogen) atoms. The van der Waals surface area contributed by atoms with Gasteiger partial charge in [-0.15, -0.1) is 5.10 Å². The first-order valence-corrected chi connectivity index (χ1v) is 9.41. The van der Waals surface area contributed by atoms with E-state index >= 15 is 0 Å². The van der Waals surface area contributed by atoms with Gasteiger partial charge in [0.05, 0.1) is 18.3 Å². The maximum Gasteiger partial charge on any atom is 0.0898 e. The summed E-state index contributed by atoms with van der Waals surface area (Å²) >= 11 is 0. The maximum absolute atomic E-state index is 5.80. The Hall–Kier alpha value is -2.12. The van der Waals surface area contributed by atoms with Crippen LogP contribution in [0.5, 0.6) is 0 Å². The number of hydrogen-bond acceptors (Lipinski definition) is 3. The van der Waals surface area contributed by atoms with Crippen molar-refractivity contribution >= 4 is 0 Å². The quantitative estimate of drug-likeness (QED) is 0.799. The van der Waals surface area contributed by atoms with E-state index in [2.05, 4.69) is 59.5 Å². The van der Waals surface area contributed by atoms with Gasteiger partial charge in [0.2, 0.25) is 0 Å². The van der Waals surface area contributed by atoms with Crippen molar-refractivity contribution in [1.29, 1.82) is 0 Å². The van der Waals surface area contributed by atoms with Crippen LogP contribution in [-0.2, 0) is 11.3 Å². The van der Waals surface area contributed by atoms with E-state index in [9.17, 15) is 0 Å². The van der Waals surface area contributed by atoms with E-state index in [0.717, 1.165) is 30.8 Å². The number of nitrogens with zero attached hydrogens (tertiary/aromatic N) is 3. The second-order valence-electron chi connectivity index (χ2n) is 7.24. The fraction of sp³-hybridized carbons (Fsp3) is 0.524. The molecule has 2 aromatic rings. The van der Waals surface area contributed by atoms with Crippen molar-refractivity contribution in [3.63, 3.8) is 0 Å². The van der Waals surface area contributed by atoms with E-state index in [1.807, 2.05) is 4.68 Å². The number of aromatic nitrogens is 3. The molecule has 2 unspecified atom stereocenters. The highest BCUT2D eigenvalue weighted by Gasteiger charge is 2.19. The Kier molecular flexibility index (Phi) is 4.85. The first kappa shape index (κ1) is 16.4. The van der Waals surface area contributed by atoms with Gasteiger partial charge in [0, 0.05) is 30.2 Å². The third-order valence-electron chi connectivity index (χ3n) is 5.05. The lowest BCUT2D eigenvalue weighted by Gasteiger charge is -2.21. The highest BCUT2D eigenvalue weighted by atomic mass is 16.5. The van der Waals surface area contributed by atoms with Gasteiger partial charge in [0.1, 0.15) is 0 Å². The Morgan fingerprint density at radius 1 is 1.28 bits per heavy atom. The van der Waals surface area contributed by atoms with Gasteiger partial charge >= 0.3 is 0 Å². The molecule has 2 aliphatic rings. The zero-order chi connectivity index (χ0) is 17.1. The third-order valence-corrected chi connectivity index (χ3v) is 5.05. The van der Waals surface area contributed by atoms with Gasteiger partial charge < -0.3 is 4.74 Å². The van der Waals surface area contributed by atoms with Crippen LogP contribution in [0.1, 0.15) is 61.8 Å². The van der Waals surface area contributed by atoms with Crippen LogP contribution >= 0.6 is 0 Å². The minimum Gasteiger partial charge on any atom is -0.376 e. The van der Waals surface area contributed by atoms with E-state index in [1.165, 1.54) is 31.2 Å². The minimum absolute atomic E-state index is 0.212. The molecular formula is C21H25N3O. The fourth-order valence-electron chi connectivity index (χ4n) is 3.23. The van der Waals surface area contributed by atoms with Gasteiger partial charge in [0.25, 0.3) is 0 Å². The summed E-state index contributed by atoms with van der Waals surface area (Å²) in [4.78, 5) is 0. The van der Waals surface area contributed by atoms with Crippen molar-refractivity contribution in [1.82, 2.24) is 15.0 Å². The van der Waals surface area contributed by atoms with Gasteiger partial charge in [-0.2, -0.15) is 0 Å². The van der Waals surface area contributed by atoms with Gasteiger partial charge in [-0.1, -0.05) is 36.1 Å². The van der Waals surface area contributed by atoms with E-state index < -0.39 is 0 Å². The third kappa shape index (κ3) is 4.29. The molecule has 1 aromatic heterocycles. The van der Waals surface area contributed by atoms with Crippen molar-refractivity contribution in [2.45, 2.75) is 57.6 Å². The minimum atomic E-state index is 0.212. The maximum atomic E-state index is 5.80. The molecule has 0 radical (unpaired) electrons. The average molecular weight is 335 g/mol. The van der Waals surface area contributed by atoms with Crippen molar-refractivity contribution in [3.8, 4) is 11.8 Å². The van der Waals surface area contributed by atoms with Gasteiger partial charge in [-0.3, -0.25) is 0 Å². The standard InChI is InChI=1S/C21H25N3O/c1-16(19-6-4-5-18(13-19)11-10-17-8-9-17)21-15-24(23-22-21)14-20-7-2-3-12-25-20/h4-6,13,15-17,20H,2-3,7-9,12,14H2,1H3. The summed E-state index contributed by atoms with van der Waals surface area (Å²) in [6, 6.07) is 8.51. The van der Waals surface area contributed by atoms with Crippen LogP contribution < -0.4 is 0 Å². The molecule has 1 saturated carbocycles. The molecule has 4 heteroatoms. The molecule has 4 rings (SSSR count). The smallest absolute Gasteiger partial charge is 0.0898 e. The molecule has 2 heterocycles. The topological polar surface area (TPSA) is 39.9 Å². The molecule has 1 saturated heterocycles. The largest absolute Gasteiger partial charge is 0.376 e. The molecule has 1 aliphatic heterocycles. The van der Waals surface area contributed by atoms with Crippen molar-refractivity contribution < 1.29 is 4.74 Å². The molecule has 0 bridgehead atoms. The summed E-state index contributed by atoms with van der Waals surface area (Å²) in [7, 11) is 0. The molecule has 4 nitrogen and oxygen atoms in total. The molecule has 2 fully saturated rings. The zero-order valence-corrected chi connectivity index (χ0v) is 14.8. The molecule has 130 valence electrons. The van der Waals surface area contributed by atoms with E-state index in [1.54, 1.807) is 0 Å². The Morgan fingerprint density at radius 2 is 2.20 bits per heavy atom. The molecular weight excluding hydrogens is 310 g/mol. The zero-order valence-electron chi connectivity index (χ0n) is 14.8. The predicted octanol–water partition coefficient (Wildman–Crippen LogP) is 3.76.